The van der Waals surface area contributed by atoms with Crippen LogP contribution in [-0.2, 0) is 12.8 Å². The smallest absolute Gasteiger partial charge is 0.0917 e. The minimum Gasteiger partial charge on any atom is -0.343 e. The summed E-state index contributed by atoms with van der Waals surface area (Å²) in [5, 5.41) is 0. The molecule has 0 saturated heterocycles. The zero-order chi connectivity index (χ0) is 18.1. The first-order valence-corrected chi connectivity index (χ1v) is 9.48. The van der Waals surface area contributed by atoms with Crippen LogP contribution in [0.5, 0.6) is 0 Å². The fourth-order valence-electron chi connectivity index (χ4n) is 3.49. The van der Waals surface area contributed by atoms with Gasteiger partial charge in [0.25, 0.3) is 0 Å². The van der Waals surface area contributed by atoms with Crippen LogP contribution in [0, 0.1) is 13.8 Å². The molecule has 0 aliphatic carbocycles. The van der Waals surface area contributed by atoms with Crippen LogP contribution in [0.1, 0.15) is 62.7 Å². The first-order valence-electron chi connectivity index (χ1n) is 9.48. The lowest BCUT2D eigenvalue weighted by atomic mass is 10.0. The number of nitrogens with zero attached hydrogens (tertiary/aromatic N) is 3. The van der Waals surface area contributed by atoms with Crippen molar-refractivity contribution in [2.45, 2.75) is 66.8 Å². The SMILES string of the molecule is CCc1ccc(-c2nc3c(C)cn(C(C)CC)c3cc2C)c(CC)n1. The third-order valence-corrected chi connectivity index (χ3v) is 5.23. The molecule has 0 bridgehead atoms. The normalized spacial score (nSPS) is 12.7. The minimum atomic E-state index is 0.486. The highest BCUT2D eigenvalue weighted by Gasteiger charge is 2.16. The van der Waals surface area contributed by atoms with Gasteiger partial charge in [0, 0.05) is 29.2 Å². The van der Waals surface area contributed by atoms with Crippen LogP contribution in [-0.4, -0.2) is 14.5 Å². The quantitative estimate of drug-likeness (QED) is 0.589. The van der Waals surface area contributed by atoms with Crippen molar-refractivity contribution < 1.29 is 0 Å². The lowest BCUT2D eigenvalue weighted by Crippen LogP contribution is -2.03. The van der Waals surface area contributed by atoms with E-state index < -0.39 is 0 Å². The Morgan fingerprint density at radius 2 is 1.76 bits per heavy atom. The largest absolute Gasteiger partial charge is 0.343 e. The molecule has 0 aromatic carbocycles. The molecule has 1 unspecified atom stereocenters. The second-order valence-corrected chi connectivity index (χ2v) is 7.00. The molecule has 3 heterocycles. The highest BCUT2D eigenvalue weighted by molar-refractivity contribution is 5.84. The number of aryl methyl sites for hydroxylation is 4. The van der Waals surface area contributed by atoms with Crippen LogP contribution in [0.4, 0.5) is 0 Å². The van der Waals surface area contributed by atoms with Crippen molar-refractivity contribution in [3.05, 3.63) is 46.9 Å². The van der Waals surface area contributed by atoms with Gasteiger partial charge in [0.05, 0.1) is 16.7 Å². The summed E-state index contributed by atoms with van der Waals surface area (Å²) in [5.41, 5.74) is 9.36. The molecule has 3 nitrogen and oxygen atoms in total. The summed E-state index contributed by atoms with van der Waals surface area (Å²) < 4.78 is 2.37. The molecule has 3 aromatic rings. The summed E-state index contributed by atoms with van der Waals surface area (Å²) >= 11 is 0. The minimum absolute atomic E-state index is 0.486. The second-order valence-electron chi connectivity index (χ2n) is 7.00. The number of fused-ring (bicyclic) bond motifs is 1. The molecular formula is C22H29N3. The van der Waals surface area contributed by atoms with Gasteiger partial charge in [-0.2, -0.15) is 0 Å². The summed E-state index contributed by atoms with van der Waals surface area (Å²) in [5.74, 6) is 0. The molecule has 0 amide bonds. The molecule has 25 heavy (non-hydrogen) atoms. The van der Waals surface area contributed by atoms with Crippen molar-refractivity contribution in [3.63, 3.8) is 0 Å². The van der Waals surface area contributed by atoms with Crippen LogP contribution in [0.25, 0.3) is 22.3 Å². The fraction of sp³-hybridized carbons (Fsp3) is 0.455. The Balaban J connectivity index is 2.22. The first-order chi connectivity index (χ1) is 12.0. The van der Waals surface area contributed by atoms with Gasteiger partial charge in [-0.05, 0) is 69.4 Å². The lowest BCUT2D eigenvalue weighted by molar-refractivity contribution is 0.547. The standard InChI is InChI=1S/C22H29N3/c1-7-16(6)25-13-15(5)22-20(25)12-14(4)21(24-22)18-11-10-17(8-2)23-19(18)9-3/h10-13,16H,7-9H2,1-6H3. The van der Waals surface area contributed by atoms with E-state index in [0.717, 1.165) is 41.9 Å². The average Bonchev–Trinajstić information content (AvgIpc) is 2.95. The summed E-state index contributed by atoms with van der Waals surface area (Å²) in [6.07, 6.45) is 5.26. The molecule has 3 aromatic heterocycles. The fourth-order valence-corrected chi connectivity index (χ4v) is 3.49. The summed E-state index contributed by atoms with van der Waals surface area (Å²) in [4.78, 5) is 9.92. The maximum absolute atomic E-state index is 5.09. The lowest BCUT2D eigenvalue weighted by Gasteiger charge is -2.15. The van der Waals surface area contributed by atoms with Crippen LogP contribution in [0.2, 0.25) is 0 Å². The maximum Gasteiger partial charge on any atom is 0.0917 e. The molecule has 0 radical (unpaired) electrons. The number of aromatic nitrogens is 3. The molecule has 0 aliphatic rings. The Hall–Kier alpha value is -2.16. The Morgan fingerprint density at radius 3 is 2.40 bits per heavy atom. The summed E-state index contributed by atoms with van der Waals surface area (Å²) in [7, 11) is 0. The molecule has 0 fully saturated rings. The number of rotatable bonds is 5. The number of hydrogen-bond donors (Lipinski definition) is 0. The summed E-state index contributed by atoms with van der Waals surface area (Å²) in [6.45, 7) is 13.1. The van der Waals surface area contributed by atoms with E-state index in [1.807, 2.05) is 0 Å². The zero-order valence-corrected chi connectivity index (χ0v) is 16.3. The average molecular weight is 335 g/mol. The predicted molar refractivity (Wildman–Crippen MR) is 106 cm³/mol. The van der Waals surface area contributed by atoms with Crippen LogP contribution in [0.3, 0.4) is 0 Å². The molecule has 1 atom stereocenters. The molecule has 0 saturated carbocycles. The Morgan fingerprint density at radius 1 is 1.00 bits per heavy atom. The highest BCUT2D eigenvalue weighted by atomic mass is 15.0. The monoisotopic (exact) mass is 335 g/mol. The van der Waals surface area contributed by atoms with E-state index in [0.29, 0.717) is 6.04 Å². The molecule has 0 spiro atoms. The van der Waals surface area contributed by atoms with Crippen molar-refractivity contribution in [3.8, 4) is 11.3 Å². The van der Waals surface area contributed by atoms with Crippen LogP contribution >= 0.6 is 0 Å². The Bertz CT molecular complexity index is 905. The van der Waals surface area contributed by atoms with Gasteiger partial charge in [0.1, 0.15) is 0 Å². The van der Waals surface area contributed by atoms with Crippen molar-refractivity contribution in [1.82, 2.24) is 14.5 Å². The van der Waals surface area contributed by atoms with Crippen molar-refractivity contribution in [2.24, 2.45) is 0 Å². The van der Waals surface area contributed by atoms with E-state index in [1.165, 1.54) is 22.2 Å². The molecule has 132 valence electrons. The second kappa shape index (κ2) is 6.99. The van der Waals surface area contributed by atoms with Gasteiger partial charge in [-0.15, -0.1) is 0 Å². The van der Waals surface area contributed by atoms with Gasteiger partial charge in [0.2, 0.25) is 0 Å². The number of hydrogen-bond acceptors (Lipinski definition) is 2. The zero-order valence-electron chi connectivity index (χ0n) is 16.3. The van der Waals surface area contributed by atoms with Gasteiger partial charge in [-0.1, -0.05) is 20.8 Å². The third kappa shape index (κ3) is 3.08. The highest BCUT2D eigenvalue weighted by Crippen LogP contribution is 2.31. The van der Waals surface area contributed by atoms with E-state index in [-0.39, 0.29) is 0 Å². The topological polar surface area (TPSA) is 30.7 Å². The Labute approximate surface area is 151 Å². The molecule has 0 aliphatic heterocycles. The van der Waals surface area contributed by atoms with Crippen LogP contribution in [0.15, 0.2) is 24.4 Å². The molecular weight excluding hydrogens is 306 g/mol. The van der Waals surface area contributed by atoms with Gasteiger partial charge >= 0.3 is 0 Å². The van der Waals surface area contributed by atoms with Gasteiger partial charge in [-0.25, -0.2) is 4.98 Å². The van der Waals surface area contributed by atoms with E-state index in [2.05, 4.69) is 70.5 Å². The van der Waals surface area contributed by atoms with Crippen molar-refractivity contribution in [1.29, 1.82) is 0 Å². The summed E-state index contributed by atoms with van der Waals surface area (Å²) in [6, 6.07) is 7.12. The van der Waals surface area contributed by atoms with E-state index >= 15 is 0 Å². The maximum atomic E-state index is 5.09. The van der Waals surface area contributed by atoms with Crippen molar-refractivity contribution >= 4 is 11.0 Å². The number of pyridine rings is 2. The molecule has 0 N–H and O–H groups in total. The predicted octanol–water partition coefficient (Wildman–Crippen LogP) is 5.81. The van der Waals surface area contributed by atoms with Crippen molar-refractivity contribution in [2.75, 3.05) is 0 Å². The van der Waals surface area contributed by atoms with Gasteiger partial charge in [-0.3, -0.25) is 4.98 Å². The molecule has 3 heteroatoms. The van der Waals surface area contributed by atoms with Gasteiger partial charge < -0.3 is 4.57 Å². The Kier molecular flexibility index (Phi) is 4.94. The van der Waals surface area contributed by atoms with Crippen LogP contribution < -0.4 is 0 Å². The van der Waals surface area contributed by atoms with E-state index in [9.17, 15) is 0 Å². The molecule has 3 rings (SSSR count). The third-order valence-electron chi connectivity index (χ3n) is 5.23. The first kappa shape index (κ1) is 17.7. The van der Waals surface area contributed by atoms with E-state index in [1.54, 1.807) is 0 Å². The van der Waals surface area contributed by atoms with Gasteiger partial charge in [0.15, 0.2) is 0 Å². The van der Waals surface area contributed by atoms with E-state index in [4.69, 9.17) is 9.97 Å².